The Bertz CT molecular complexity index is 1210. The lowest BCUT2D eigenvalue weighted by Gasteiger charge is -2.38. The lowest BCUT2D eigenvalue weighted by atomic mass is 10.0. The SMILES string of the molecule is O=C(O)c1ccc(CCN2C(=O)SCCN2CCC(O)Cc2cccc(C#Cc3cccs3)c2)s1. The lowest BCUT2D eigenvalue weighted by Crippen LogP contribution is -2.51. The number of carboxylic acid groups (broad SMARTS) is 1. The number of aliphatic hydroxyl groups is 1. The van der Waals surface area contributed by atoms with Crippen LogP contribution in [0.4, 0.5) is 4.79 Å². The summed E-state index contributed by atoms with van der Waals surface area (Å²) in [7, 11) is 0. The van der Waals surface area contributed by atoms with Crippen LogP contribution in [0.25, 0.3) is 0 Å². The zero-order valence-corrected chi connectivity index (χ0v) is 21.5. The quantitative estimate of drug-likeness (QED) is 0.389. The van der Waals surface area contributed by atoms with Crippen LogP contribution in [0.15, 0.2) is 53.9 Å². The molecular formula is C26H26N2O4S3. The number of carbonyl (C=O) groups excluding carboxylic acids is 1. The standard InChI is InChI=1S/C26H26N2O4S3/c29-21(18-20-4-1-3-19(17-20)6-7-22-5-2-15-33-22)10-12-27-14-16-34-26(32)28(27)13-11-23-8-9-24(35-23)25(30)31/h1-5,8-9,15,17,21,29H,10-14,16,18H2,(H,30,31). The van der Waals surface area contributed by atoms with Crippen LogP contribution in [0.2, 0.25) is 0 Å². The number of hydrazine groups is 1. The monoisotopic (exact) mass is 526 g/mol. The normalized spacial score (nSPS) is 15.0. The Balaban J connectivity index is 1.30. The molecule has 1 amide bonds. The Morgan fingerprint density at radius 3 is 2.77 bits per heavy atom. The number of thioether (sulfide) groups is 1. The van der Waals surface area contributed by atoms with Crippen molar-refractivity contribution in [1.82, 2.24) is 10.0 Å². The summed E-state index contributed by atoms with van der Waals surface area (Å²) in [5, 5.41) is 25.6. The van der Waals surface area contributed by atoms with Gasteiger partial charge in [0.15, 0.2) is 0 Å². The maximum absolute atomic E-state index is 12.5. The Hall–Kier alpha value is -2.61. The van der Waals surface area contributed by atoms with Gasteiger partial charge < -0.3 is 10.2 Å². The van der Waals surface area contributed by atoms with Crippen LogP contribution in [0, 0.1) is 11.8 Å². The summed E-state index contributed by atoms with van der Waals surface area (Å²) in [6, 6.07) is 15.3. The number of hydrogen-bond donors (Lipinski definition) is 2. The number of carboxylic acids is 1. The molecule has 1 unspecified atom stereocenters. The molecular weight excluding hydrogens is 500 g/mol. The van der Waals surface area contributed by atoms with Gasteiger partial charge in [-0.2, -0.15) is 0 Å². The molecule has 1 aliphatic heterocycles. The Labute approximate surface area is 217 Å². The zero-order chi connectivity index (χ0) is 24.6. The van der Waals surface area contributed by atoms with E-state index in [0.717, 1.165) is 33.2 Å². The van der Waals surface area contributed by atoms with E-state index in [-0.39, 0.29) is 5.24 Å². The molecule has 1 aromatic carbocycles. The maximum atomic E-state index is 12.5. The van der Waals surface area contributed by atoms with Gasteiger partial charge in [0.05, 0.1) is 11.0 Å². The van der Waals surface area contributed by atoms with E-state index in [9.17, 15) is 14.7 Å². The van der Waals surface area contributed by atoms with Crippen LogP contribution in [-0.2, 0) is 12.8 Å². The van der Waals surface area contributed by atoms with Crippen molar-refractivity contribution in [1.29, 1.82) is 0 Å². The van der Waals surface area contributed by atoms with Crippen LogP contribution in [0.1, 0.15) is 37.0 Å². The van der Waals surface area contributed by atoms with E-state index < -0.39 is 12.1 Å². The van der Waals surface area contributed by atoms with E-state index in [2.05, 4.69) is 11.8 Å². The zero-order valence-electron chi connectivity index (χ0n) is 19.1. The van der Waals surface area contributed by atoms with Gasteiger partial charge in [-0.15, -0.1) is 22.7 Å². The number of aliphatic hydroxyl groups excluding tert-OH is 1. The van der Waals surface area contributed by atoms with Gasteiger partial charge in [-0.1, -0.05) is 41.8 Å². The van der Waals surface area contributed by atoms with Gasteiger partial charge in [-0.25, -0.2) is 9.80 Å². The number of hydrogen-bond acceptors (Lipinski definition) is 7. The molecule has 6 nitrogen and oxygen atoms in total. The number of thiophene rings is 2. The van der Waals surface area contributed by atoms with Crippen LogP contribution >= 0.6 is 34.4 Å². The average Bonchev–Trinajstić information content (AvgIpc) is 3.53. The van der Waals surface area contributed by atoms with E-state index in [1.807, 2.05) is 52.9 Å². The molecule has 1 fully saturated rings. The fourth-order valence-corrected chi connectivity index (χ4v) is 6.03. The summed E-state index contributed by atoms with van der Waals surface area (Å²) in [5.74, 6) is 6.14. The highest BCUT2D eigenvalue weighted by Gasteiger charge is 2.27. The molecule has 4 rings (SSSR count). The molecule has 3 aromatic rings. The first kappa shape index (κ1) is 25.5. The van der Waals surface area contributed by atoms with Gasteiger partial charge in [-0.05, 0) is 54.1 Å². The topological polar surface area (TPSA) is 81.1 Å². The van der Waals surface area contributed by atoms with Crippen molar-refractivity contribution in [2.75, 3.05) is 25.4 Å². The Morgan fingerprint density at radius 1 is 1.11 bits per heavy atom. The van der Waals surface area contributed by atoms with Crippen molar-refractivity contribution in [3.05, 3.63) is 79.7 Å². The molecule has 0 bridgehead atoms. The fourth-order valence-electron chi connectivity index (χ4n) is 3.79. The molecule has 0 spiro atoms. The second-order valence-electron chi connectivity index (χ2n) is 8.09. The molecule has 3 heterocycles. The van der Waals surface area contributed by atoms with E-state index in [1.54, 1.807) is 22.4 Å². The van der Waals surface area contributed by atoms with E-state index in [4.69, 9.17) is 5.11 Å². The van der Waals surface area contributed by atoms with Crippen LogP contribution < -0.4 is 0 Å². The largest absolute Gasteiger partial charge is 0.477 e. The molecule has 0 saturated carbocycles. The average molecular weight is 527 g/mol. The third-order valence-corrected chi connectivity index (χ3v) is 8.30. The molecule has 9 heteroatoms. The predicted molar refractivity (Wildman–Crippen MR) is 142 cm³/mol. The van der Waals surface area contributed by atoms with Crippen molar-refractivity contribution in [2.24, 2.45) is 0 Å². The van der Waals surface area contributed by atoms with Crippen molar-refractivity contribution in [3.8, 4) is 11.8 Å². The smallest absolute Gasteiger partial charge is 0.345 e. The van der Waals surface area contributed by atoms with E-state index in [0.29, 0.717) is 37.2 Å². The van der Waals surface area contributed by atoms with Crippen molar-refractivity contribution >= 4 is 45.6 Å². The summed E-state index contributed by atoms with van der Waals surface area (Å²) < 4.78 is 0. The molecule has 0 radical (unpaired) electrons. The number of carbonyl (C=O) groups is 2. The first-order chi connectivity index (χ1) is 17.0. The van der Waals surface area contributed by atoms with Crippen LogP contribution in [0.5, 0.6) is 0 Å². The fraction of sp³-hybridized carbons (Fsp3) is 0.308. The van der Waals surface area contributed by atoms with Gasteiger partial charge in [0.2, 0.25) is 0 Å². The van der Waals surface area contributed by atoms with Gasteiger partial charge >= 0.3 is 5.97 Å². The predicted octanol–water partition coefficient (Wildman–Crippen LogP) is 4.83. The maximum Gasteiger partial charge on any atom is 0.345 e. The first-order valence-electron chi connectivity index (χ1n) is 11.3. The minimum atomic E-state index is -0.929. The summed E-state index contributed by atoms with van der Waals surface area (Å²) in [4.78, 5) is 25.9. The number of benzene rings is 1. The number of amides is 1. The minimum absolute atomic E-state index is 0.00206. The lowest BCUT2D eigenvalue weighted by molar-refractivity contribution is 0.0148. The molecule has 1 aliphatic rings. The molecule has 1 atom stereocenters. The number of rotatable bonds is 9. The third kappa shape index (κ3) is 7.43. The highest BCUT2D eigenvalue weighted by atomic mass is 32.2. The first-order valence-corrected chi connectivity index (χ1v) is 14.0. The van der Waals surface area contributed by atoms with Crippen molar-refractivity contribution in [3.63, 3.8) is 0 Å². The molecule has 2 N–H and O–H groups in total. The van der Waals surface area contributed by atoms with Crippen molar-refractivity contribution in [2.45, 2.75) is 25.4 Å². The van der Waals surface area contributed by atoms with Gasteiger partial charge in [0.25, 0.3) is 5.24 Å². The Kier molecular flexibility index (Phi) is 9.01. The molecule has 182 valence electrons. The summed E-state index contributed by atoms with van der Waals surface area (Å²) in [6.07, 6.45) is 1.14. The molecule has 2 aromatic heterocycles. The minimum Gasteiger partial charge on any atom is -0.477 e. The van der Waals surface area contributed by atoms with Crippen LogP contribution in [-0.4, -0.2) is 62.9 Å². The second kappa shape index (κ2) is 12.4. The highest BCUT2D eigenvalue weighted by molar-refractivity contribution is 8.13. The Morgan fingerprint density at radius 2 is 2.00 bits per heavy atom. The van der Waals surface area contributed by atoms with Crippen molar-refractivity contribution < 1.29 is 19.8 Å². The summed E-state index contributed by atoms with van der Waals surface area (Å²) in [5.41, 5.74) is 1.96. The van der Waals surface area contributed by atoms with E-state index in [1.165, 1.54) is 23.1 Å². The second-order valence-corrected chi connectivity index (χ2v) is 11.2. The highest BCUT2D eigenvalue weighted by Crippen LogP contribution is 2.22. The number of nitrogens with zero attached hydrogens (tertiary/aromatic N) is 2. The summed E-state index contributed by atoms with van der Waals surface area (Å²) >= 11 is 4.15. The summed E-state index contributed by atoms with van der Waals surface area (Å²) in [6.45, 7) is 1.81. The molecule has 0 aliphatic carbocycles. The van der Waals surface area contributed by atoms with Crippen LogP contribution in [0.3, 0.4) is 0 Å². The molecule has 1 saturated heterocycles. The van der Waals surface area contributed by atoms with Gasteiger partial charge in [0, 0.05) is 42.2 Å². The van der Waals surface area contributed by atoms with E-state index >= 15 is 0 Å². The van der Waals surface area contributed by atoms with Gasteiger partial charge in [-0.3, -0.25) is 9.80 Å². The number of aromatic carboxylic acids is 1. The molecule has 35 heavy (non-hydrogen) atoms. The third-order valence-electron chi connectivity index (χ3n) is 5.54. The van der Waals surface area contributed by atoms with Gasteiger partial charge in [0.1, 0.15) is 4.88 Å².